The highest BCUT2D eigenvalue weighted by atomic mass is 16.6. The maximum atomic E-state index is 11.6. The predicted molar refractivity (Wildman–Crippen MR) is 73.3 cm³/mol. The normalized spacial score (nSPS) is 13.3. The van der Waals surface area contributed by atoms with Crippen LogP contribution in [0.15, 0.2) is 24.3 Å². The number of ether oxygens (including phenoxy) is 1. The zero-order valence-corrected chi connectivity index (χ0v) is 11.9. The second-order valence-electron chi connectivity index (χ2n) is 4.88. The predicted octanol–water partition coefficient (Wildman–Crippen LogP) is 3.59. The van der Waals surface area contributed by atoms with Gasteiger partial charge in [0.2, 0.25) is 0 Å². The maximum Gasteiger partial charge on any atom is 0.314 e. The van der Waals surface area contributed by atoms with E-state index in [-0.39, 0.29) is 12.2 Å². The Bertz CT molecular complexity index is 338. The van der Waals surface area contributed by atoms with E-state index in [1.54, 1.807) is 13.0 Å². The minimum Gasteiger partial charge on any atom is -0.455 e. The number of carbonyl (C=O) groups is 2. The van der Waals surface area contributed by atoms with Crippen molar-refractivity contribution in [2.45, 2.75) is 59.0 Å². The number of hydrogen-bond acceptors (Lipinski definition) is 3. The summed E-state index contributed by atoms with van der Waals surface area (Å²) < 4.78 is 5.33. The third-order valence-corrected chi connectivity index (χ3v) is 2.71. The summed E-state index contributed by atoms with van der Waals surface area (Å²) in [6.07, 6.45) is 5.42. The van der Waals surface area contributed by atoms with Crippen LogP contribution in [0.3, 0.4) is 0 Å². The number of hydrogen-bond donors (Lipinski definition) is 0. The van der Waals surface area contributed by atoms with Crippen LogP contribution < -0.4 is 0 Å². The average molecular weight is 252 g/mol. The summed E-state index contributed by atoms with van der Waals surface area (Å²) in [7, 11) is 0. The van der Waals surface area contributed by atoms with Crippen molar-refractivity contribution in [1.82, 2.24) is 0 Å². The third-order valence-electron chi connectivity index (χ3n) is 2.71. The third kappa shape index (κ3) is 7.05. The molecule has 0 radical (unpaired) electrons. The molecule has 3 heteroatoms. The molecule has 0 fully saturated rings. The van der Waals surface area contributed by atoms with Crippen molar-refractivity contribution in [3.8, 4) is 0 Å². The number of allylic oxidation sites excluding steroid dienone is 2. The molecule has 0 aromatic rings. The first kappa shape index (κ1) is 16.6. The van der Waals surface area contributed by atoms with Gasteiger partial charge in [0.1, 0.15) is 17.8 Å². The van der Waals surface area contributed by atoms with Gasteiger partial charge < -0.3 is 4.74 Å². The number of ketones is 1. The first-order chi connectivity index (χ1) is 8.33. The smallest absolute Gasteiger partial charge is 0.314 e. The van der Waals surface area contributed by atoms with Crippen LogP contribution >= 0.6 is 0 Å². The van der Waals surface area contributed by atoms with E-state index in [1.165, 1.54) is 5.57 Å². The molecule has 0 N–H and O–H groups in total. The molecule has 0 rings (SSSR count). The molecule has 0 bridgehead atoms. The lowest BCUT2D eigenvalue weighted by molar-refractivity contribution is -0.155. The number of rotatable bonds is 8. The van der Waals surface area contributed by atoms with E-state index in [9.17, 15) is 9.59 Å². The highest BCUT2D eigenvalue weighted by Gasteiger charge is 2.25. The number of esters is 1. The van der Waals surface area contributed by atoms with Gasteiger partial charge in [0.05, 0.1) is 0 Å². The van der Waals surface area contributed by atoms with Gasteiger partial charge in [0.15, 0.2) is 0 Å². The summed E-state index contributed by atoms with van der Waals surface area (Å²) in [4.78, 5) is 22.7. The molecule has 18 heavy (non-hydrogen) atoms. The van der Waals surface area contributed by atoms with Crippen molar-refractivity contribution < 1.29 is 14.3 Å². The second kappa shape index (κ2) is 7.85. The summed E-state index contributed by atoms with van der Waals surface area (Å²) in [5.74, 6) is -0.572. The lowest BCUT2D eigenvalue weighted by atomic mass is 9.99. The van der Waals surface area contributed by atoms with Crippen molar-refractivity contribution in [3.63, 3.8) is 0 Å². The maximum absolute atomic E-state index is 11.6. The standard InChI is InChI=1S/C15H24O3/c1-6-13(16)11-14(17)18-15(5,7-2)10-8-9-12(3)4/h7,9H,2,6,8,10-11H2,1,3-5H3. The van der Waals surface area contributed by atoms with Crippen LogP contribution in [-0.4, -0.2) is 17.4 Å². The van der Waals surface area contributed by atoms with Crippen molar-refractivity contribution in [2.24, 2.45) is 0 Å². The zero-order chi connectivity index (χ0) is 14.2. The lowest BCUT2D eigenvalue weighted by Gasteiger charge is -2.25. The lowest BCUT2D eigenvalue weighted by Crippen LogP contribution is -2.30. The summed E-state index contributed by atoms with van der Waals surface area (Å²) >= 11 is 0. The van der Waals surface area contributed by atoms with E-state index >= 15 is 0 Å². The first-order valence-electron chi connectivity index (χ1n) is 6.33. The van der Waals surface area contributed by atoms with Crippen molar-refractivity contribution in [3.05, 3.63) is 24.3 Å². The van der Waals surface area contributed by atoms with E-state index in [1.807, 2.05) is 20.8 Å². The highest BCUT2D eigenvalue weighted by molar-refractivity contribution is 5.95. The molecule has 0 aliphatic carbocycles. The summed E-state index contributed by atoms with van der Waals surface area (Å²) in [6.45, 7) is 11.3. The van der Waals surface area contributed by atoms with Crippen LogP contribution in [0, 0.1) is 0 Å². The molecule has 3 nitrogen and oxygen atoms in total. The Balaban J connectivity index is 4.38. The Morgan fingerprint density at radius 3 is 2.39 bits per heavy atom. The molecule has 0 heterocycles. The molecule has 0 aliphatic rings. The fourth-order valence-corrected chi connectivity index (χ4v) is 1.42. The fraction of sp³-hybridized carbons (Fsp3) is 0.600. The van der Waals surface area contributed by atoms with Crippen LogP contribution in [0.5, 0.6) is 0 Å². The van der Waals surface area contributed by atoms with E-state index in [2.05, 4.69) is 12.7 Å². The van der Waals surface area contributed by atoms with Crippen molar-refractivity contribution in [1.29, 1.82) is 0 Å². The fourth-order valence-electron chi connectivity index (χ4n) is 1.42. The Labute approximate surface area is 110 Å². The van der Waals surface area contributed by atoms with Gasteiger partial charge in [0.25, 0.3) is 0 Å². The summed E-state index contributed by atoms with van der Waals surface area (Å²) in [5, 5.41) is 0. The molecule has 0 spiro atoms. The van der Waals surface area contributed by atoms with Crippen molar-refractivity contribution >= 4 is 11.8 Å². The second-order valence-corrected chi connectivity index (χ2v) is 4.88. The molecule has 102 valence electrons. The largest absolute Gasteiger partial charge is 0.455 e. The highest BCUT2D eigenvalue weighted by Crippen LogP contribution is 2.20. The Hall–Kier alpha value is -1.38. The van der Waals surface area contributed by atoms with E-state index in [0.29, 0.717) is 12.8 Å². The van der Waals surface area contributed by atoms with Crippen LogP contribution in [0.1, 0.15) is 53.4 Å². The van der Waals surface area contributed by atoms with E-state index < -0.39 is 11.6 Å². The van der Waals surface area contributed by atoms with Crippen LogP contribution in [0.25, 0.3) is 0 Å². The summed E-state index contributed by atoms with van der Waals surface area (Å²) in [6, 6.07) is 0. The minimum absolute atomic E-state index is 0.101. The SMILES string of the molecule is C=CC(C)(CCC=C(C)C)OC(=O)CC(=O)CC. The van der Waals surface area contributed by atoms with Gasteiger partial charge in [-0.3, -0.25) is 9.59 Å². The molecule has 0 aromatic heterocycles. The molecule has 0 saturated carbocycles. The molecule has 0 amide bonds. The van der Waals surface area contributed by atoms with Gasteiger partial charge >= 0.3 is 5.97 Å². The monoisotopic (exact) mass is 252 g/mol. The van der Waals surface area contributed by atoms with Gasteiger partial charge in [-0.15, -0.1) is 0 Å². The van der Waals surface area contributed by atoms with Crippen LogP contribution in [0.4, 0.5) is 0 Å². The van der Waals surface area contributed by atoms with Crippen LogP contribution in [-0.2, 0) is 14.3 Å². The zero-order valence-electron chi connectivity index (χ0n) is 11.9. The first-order valence-corrected chi connectivity index (χ1v) is 6.33. The van der Waals surface area contributed by atoms with E-state index in [4.69, 9.17) is 4.74 Å². The molecule has 1 atom stereocenters. The molecule has 0 aromatic carbocycles. The van der Waals surface area contributed by atoms with Gasteiger partial charge in [-0.05, 0) is 39.7 Å². The average Bonchev–Trinajstić information content (AvgIpc) is 2.27. The number of carbonyl (C=O) groups excluding carboxylic acids is 2. The Morgan fingerprint density at radius 2 is 1.94 bits per heavy atom. The molecular formula is C15H24O3. The van der Waals surface area contributed by atoms with Gasteiger partial charge in [0, 0.05) is 6.42 Å². The number of Topliss-reactive ketones (excluding diaryl/α,β-unsaturated/α-hetero) is 1. The quantitative estimate of drug-likeness (QED) is 0.376. The van der Waals surface area contributed by atoms with Crippen LogP contribution in [0.2, 0.25) is 0 Å². The van der Waals surface area contributed by atoms with Gasteiger partial charge in [-0.25, -0.2) is 0 Å². The van der Waals surface area contributed by atoms with E-state index in [0.717, 1.165) is 6.42 Å². The Morgan fingerprint density at radius 1 is 1.33 bits per heavy atom. The van der Waals surface area contributed by atoms with Crippen molar-refractivity contribution in [2.75, 3.05) is 0 Å². The molecule has 0 aliphatic heterocycles. The van der Waals surface area contributed by atoms with Gasteiger partial charge in [-0.1, -0.05) is 25.2 Å². The molecule has 0 saturated heterocycles. The molecular weight excluding hydrogens is 228 g/mol. The van der Waals surface area contributed by atoms with Gasteiger partial charge in [-0.2, -0.15) is 0 Å². The summed E-state index contributed by atoms with van der Waals surface area (Å²) in [5.41, 5.74) is 0.533. The Kier molecular flexibility index (Phi) is 7.25. The molecule has 1 unspecified atom stereocenters. The minimum atomic E-state index is -0.697. The topological polar surface area (TPSA) is 43.4 Å².